The Morgan fingerprint density at radius 2 is 1.86 bits per heavy atom. The van der Waals surface area contributed by atoms with Crippen molar-refractivity contribution in [2.24, 2.45) is 0 Å². The predicted octanol–water partition coefficient (Wildman–Crippen LogP) is 2.69. The van der Waals surface area contributed by atoms with Crippen LogP contribution in [0, 0.1) is 5.82 Å². The first-order valence-electron chi connectivity index (χ1n) is 9.71. The molecule has 1 N–H and O–H groups in total. The number of carbonyl (C=O) groups excluding carboxylic acids is 1. The SMILES string of the molecule is CN1CCN(c2ccc(F)cc2C(=O)NCc2nccn2-c2ccccc2)CC1. The van der Waals surface area contributed by atoms with Crippen LogP contribution in [-0.4, -0.2) is 53.6 Å². The largest absolute Gasteiger partial charge is 0.368 e. The fourth-order valence-electron chi connectivity index (χ4n) is 3.56. The van der Waals surface area contributed by atoms with Gasteiger partial charge in [-0.2, -0.15) is 0 Å². The molecule has 6 nitrogen and oxygen atoms in total. The zero-order chi connectivity index (χ0) is 20.2. The molecular formula is C22H24FN5O. The highest BCUT2D eigenvalue weighted by molar-refractivity contribution is 5.99. The lowest BCUT2D eigenvalue weighted by Crippen LogP contribution is -2.45. The maximum atomic E-state index is 13.9. The molecule has 0 bridgehead atoms. The van der Waals surface area contributed by atoms with Gasteiger partial charge in [0.05, 0.1) is 12.1 Å². The van der Waals surface area contributed by atoms with Gasteiger partial charge in [0, 0.05) is 49.9 Å². The molecule has 7 heteroatoms. The Labute approximate surface area is 169 Å². The molecule has 1 aromatic heterocycles. The first kappa shape index (κ1) is 19.1. The summed E-state index contributed by atoms with van der Waals surface area (Å²) in [6.45, 7) is 3.68. The van der Waals surface area contributed by atoms with Crippen LogP contribution in [0.2, 0.25) is 0 Å². The van der Waals surface area contributed by atoms with E-state index in [0.29, 0.717) is 11.4 Å². The number of imidazole rings is 1. The number of likely N-dealkylation sites (N-methyl/N-ethyl adjacent to an activating group) is 1. The van der Waals surface area contributed by atoms with Gasteiger partial charge >= 0.3 is 0 Å². The minimum atomic E-state index is -0.418. The monoisotopic (exact) mass is 393 g/mol. The number of benzene rings is 2. The molecular weight excluding hydrogens is 369 g/mol. The van der Waals surface area contributed by atoms with Gasteiger partial charge in [0.15, 0.2) is 0 Å². The van der Waals surface area contributed by atoms with Crippen LogP contribution in [0.4, 0.5) is 10.1 Å². The lowest BCUT2D eigenvalue weighted by atomic mass is 10.1. The van der Waals surface area contributed by atoms with Crippen molar-refractivity contribution in [3.8, 4) is 5.69 Å². The second-order valence-corrected chi connectivity index (χ2v) is 7.18. The highest BCUT2D eigenvalue weighted by Crippen LogP contribution is 2.23. The molecule has 4 rings (SSSR count). The van der Waals surface area contributed by atoms with E-state index in [0.717, 1.165) is 37.6 Å². The maximum Gasteiger partial charge on any atom is 0.253 e. The Balaban J connectivity index is 1.51. The van der Waals surface area contributed by atoms with Crippen molar-refractivity contribution < 1.29 is 9.18 Å². The normalized spacial score (nSPS) is 14.8. The van der Waals surface area contributed by atoms with Crippen molar-refractivity contribution >= 4 is 11.6 Å². The first-order chi connectivity index (χ1) is 14.1. The summed E-state index contributed by atoms with van der Waals surface area (Å²) in [5.41, 5.74) is 2.09. The Morgan fingerprint density at radius 3 is 2.62 bits per heavy atom. The van der Waals surface area contributed by atoms with Crippen LogP contribution in [0.5, 0.6) is 0 Å². The third-order valence-corrected chi connectivity index (χ3v) is 5.21. The summed E-state index contributed by atoms with van der Waals surface area (Å²) in [6, 6.07) is 14.2. The van der Waals surface area contributed by atoms with Crippen molar-refractivity contribution in [2.45, 2.75) is 6.54 Å². The zero-order valence-electron chi connectivity index (χ0n) is 16.4. The van der Waals surface area contributed by atoms with Crippen molar-refractivity contribution in [3.05, 3.63) is 78.1 Å². The molecule has 1 fully saturated rings. The third kappa shape index (κ3) is 4.30. The summed E-state index contributed by atoms with van der Waals surface area (Å²) in [5.74, 6) is -0.0121. The standard InChI is InChI=1S/C22H24FN5O/c1-26-11-13-27(14-12-26)20-8-7-17(23)15-19(20)22(29)25-16-21-24-9-10-28(21)18-5-3-2-4-6-18/h2-10,15H,11-14,16H2,1H3,(H,25,29). The number of hydrogen-bond acceptors (Lipinski definition) is 4. The van der Waals surface area contributed by atoms with Gasteiger partial charge in [0.25, 0.3) is 5.91 Å². The van der Waals surface area contributed by atoms with E-state index >= 15 is 0 Å². The fraction of sp³-hybridized carbons (Fsp3) is 0.273. The highest BCUT2D eigenvalue weighted by atomic mass is 19.1. The molecule has 29 heavy (non-hydrogen) atoms. The molecule has 1 aliphatic heterocycles. The molecule has 0 saturated carbocycles. The molecule has 0 radical (unpaired) electrons. The van der Waals surface area contributed by atoms with Gasteiger partial charge < -0.3 is 19.7 Å². The van der Waals surface area contributed by atoms with Gasteiger partial charge in [-0.15, -0.1) is 0 Å². The molecule has 1 saturated heterocycles. The number of aromatic nitrogens is 2. The molecule has 0 atom stereocenters. The summed E-state index contributed by atoms with van der Waals surface area (Å²) in [7, 11) is 2.07. The van der Waals surface area contributed by atoms with Crippen molar-refractivity contribution in [2.75, 3.05) is 38.1 Å². The van der Waals surface area contributed by atoms with E-state index in [1.165, 1.54) is 12.1 Å². The average molecular weight is 393 g/mol. The smallest absolute Gasteiger partial charge is 0.253 e. The fourth-order valence-corrected chi connectivity index (χ4v) is 3.56. The average Bonchev–Trinajstić information content (AvgIpc) is 3.22. The minimum absolute atomic E-state index is 0.249. The topological polar surface area (TPSA) is 53.4 Å². The van der Waals surface area contributed by atoms with Crippen LogP contribution in [0.25, 0.3) is 5.69 Å². The van der Waals surface area contributed by atoms with Crippen LogP contribution in [0.15, 0.2) is 60.9 Å². The molecule has 0 aliphatic carbocycles. The minimum Gasteiger partial charge on any atom is -0.368 e. The Kier molecular flexibility index (Phi) is 5.57. The summed E-state index contributed by atoms with van der Waals surface area (Å²) in [4.78, 5) is 21.6. The van der Waals surface area contributed by atoms with E-state index in [4.69, 9.17) is 0 Å². The summed E-state index contributed by atoms with van der Waals surface area (Å²) < 4.78 is 15.8. The number of halogens is 1. The predicted molar refractivity (Wildman–Crippen MR) is 111 cm³/mol. The number of amides is 1. The summed E-state index contributed by atoms with van der Waals surface area (Å²) in [6.07, 6.45) is 3.56. The van der Waals surface area contributed by atoms with Gasteiger partial charge in [-0.25, -0.2) is 9.37 Å². The summed E-state index contributed by atoms with van der Waals surface area (Å²) >= 11 is 0. The van der Waals surface area contributed by atoms with Crippen LogP contribution in [0.1, 0.15) is 16.2 Å². The molecule has 1 amide bonds. The van der Waals surface area contributed by atoms with Gasteiger partial charge in [-0.05, 0) is 37.4 Å². The highest BCUT2D eigenvalue weighted by Gasteiger charge is 2.21. The lowest BCUT2D eigenvalue weighted by molar-refractivity contribution is 0.0949. The van der Waals surface area contributed by atoms with E-state index in [-0.39, 0.29) is 12.5 Å². The number of nitrogens with one attached hydrogen (secondary N) is 1. The van der Waals surface area contributed by atoms with Crippen molar-refractivity contribution in [3.63, 3.8) is 0 Å². The van der Waals surface area contributed by atoms with Gasteiger partial charge in [-0.1, -0.05) is 18.2 Å². The number of piperazine rings is 1. The van der Waals surface area contributed by atoms with Crippen molar-refractivity contribution in [1.29, 1.82) is 0 Å². The number of para-hydroxylation sites is 1. The van der Waals surface area contributed by atoms with E-state index in [9.17, 15) is 9.18 Å². The zero-order valence-corrected chi connectivity index (χ0v) is 16.4. The number of hydrogen-bond donors (Lipinski definition) is 1. The third-order valence-electron chi connectivity index (χ3n) is 5.21. The molecule has 1 aliphatic rings. The molecule has 150 valence electrons. The molecule has 0 spiro atoms. The second-order valence-electron chi connectivity index (χ2n) is 7.18. The Morgan fingerprint density at radius 1 is 1.10 bits per heavy atom. The van der Waals surface area contributed by atoms with Gasteiger partial charge in [-0.3, -0.25) is 4.79 Å². The van der Waals surface area contributed by atoms with Gasteiger partial charge in [0.1, 0.15) is 11.6 Å². The number of carbonyl (C=O) groups is 1. The Hall–Kier alpha value is -3.19. The van der Waals surface area contributed by atoms with Crippen LogP contribution >= 0.6 is 0 Å². The van der Waals surface area contributed by atoms with E-state index < -0.39 is 5.82 Å². The molecule has 2 aromatic carbocycles. The molecule has 0 unspecified atom stereocenters. The maximum absolute atomic E-state index is 13.9. The van der Waals surface area contributed by atoms with Crippen molar-refractivity contribution in [1.82, 2.24) is 19.8 Å². The number of rotatable bonds is 5. The number of anilines is 1. The quantitative estimate of drug-likeness (QED) is 0.724. The second kappa shape index (κ2) is 8.45. The van der Waals surface area contributed by atoms with Gasteiger partial charge in [0.2, 0.25) is 0 Å². The molecule has 3 aromatic rings. The van der Waals surface area contributed by atoms with Crippen LogP contribution in [0.3, 0.4) is 0 Å². The van der Waals surface area contributed by atoms with Crippen LogP contribution in [-0.2, 0) is 6.54 Å². The lowest BCUT2D eigenvalue weighted by Gasteiger charge is -2.35. The van der Waals surface area contributed by atoms with Crippen LogP contribution < -0.4 is 10.2 Å². The Bertz CT molecular complexity index is 980. The summed E-state index contributed by atoms with van der Waals surface area (Å²) in [5, 5.41) is 2.90. The van der Waals surface area contributed by atoms with E-state index in [1.807, 2.05) is 41.1 Å². The number of nitrogens with zero attached hydrogens (tertiary/aromatic N) is 4. The van der Waals surface area contributed by atoms with E-state index in [2.05, 4.69) is 27.1 Å². The molecule has 2 heterocycles. The first-order valence-corrected chi connectivity index (χ1v) is 9.71. The van der Waals surface area contributed by atoms with E-state index in [1.54, 1.807) is 12.3 Å².